The molecule has 0 spiro atoms. The van der Waals surface area contributed by atoms with Gasteiger partial charge >= 0.3 is 0 Å². The second-order valence-electron chi connectivity index (χ2n) is 5.05. The summed E-state index contributed by atoms with van der Waals surface area (Å²) >= 11 is 0. The Morgan fingerprint density at radius 3 is 2.84 bits per heavy atom. The fourth-order valence-corrected chi connectivity index (χ4v) is 2.23. The molecule has 2 atom stereocenters. The van der Waals surface area contributed by atoms with Crippen LogP contribution in [0.15, 0.2) is 0 Å². The second-order valence-corrected chi connectivity index (χ2v) is 5.05. The van der Waals surface area contributed by atoms with E-state index in [0.29, 0.717) is 13.2 Å². The molecule has 5 heteroatoms. The molecule has 1 heterocycles. The van der Waals surface area contributed by atoms with E-state index < -0.39 is 0 Å². The van der Waals surface area contributed by atoms with Gasteiger partial charge in [0.15, 0.2) is 0 Å². The summed E-state index contributed by atoms with van der Waals surface area (Å²) in [5.41, 5.74) is 0. The summed E-state index contributed by atoms with van der Waals surface area (Å²) in [4.78, 5) is 12.1. The molecule has 0 bridgehead atoms. The van der Waals surface area contributed by atoms with Gasteiger partial charge in [-0.1, -0.05) is 6.92 Å². The highest BCUT2D eigenvalue weighted by Crippen LogP contribution is 2.14. The van der Waals surface area contributed by atoms with Gasteiger partial charge in [0.2, 0.25) is 5.91 Å². The van der Waals surface area contributed by atoms with Crippen LogP contribution >= 0.6 is 0 Å². The summed E-state index contributed by atoms with van der Waals surface area (Å²) in [6, 6.07) is 0.174. The molecule has 0 aromatic carbocycles. The number of rotatable bonds is 10. The lowest BCUT2D eigenvalue weighted by Gasteiger charge is -2.18. The zero-order valence-electron chi connectivity index (χ0n) is 12.2. The first-order valence-corrected chi connectivity index (χ1v) is 7.37. The van der Waals surface area contributed by atoms with Gasteiger partial charge in [0, 0.05) is 26.3 Å². The third-order valence-electron chi connectivity index (χ3n) is 3.40. The van der Waals surface area contributed by atoms with Gasteiger partial charge < -0.3 is 20.1 Å². The quantitative estimate of drug-likeness (QED) is 0.581. The highest BCUT2D eigenvalue weighted by atomic mass is 16.5. The van der Waals surface area contributed by atoms with E-state index in [1.807, 2.05) is 0 Å². The Morgan fingerprint density at radius 1 is 1.26 bits per heavy atom. The van der Waals surface area contributed by atoms with Gasteiger partial charge in [-0.05, 0) is 32.2 Å². The summed E-state index contributed by atoms with van der Waals surface area (Å²) in [5, 5.41) is 6.39. The fourth-order valence-electron chi connectivity index (χ4n) is 2.23. The number of amides is 1. The standard InChI is InChI=1S/C14H28N2O3/c1-3-7-15-13-11-19-10-12(13)14(17)16-8-5-4-6-9-18-2/h12-13,15H,3-11H2,1-2H3,(H,16,17). The average Bonchev–Trinajstić information content (AvgIpc) is 2.88. The normalized spacial score (nSPS) is 22.6. The molecule has 112 valence electrons. The molecule has 1 aliphatic heterocycles. The molecule has 2 N–H and O–H groups in total. The smallest absolute Gasteiger partial charge is 0.227 e. The van der Waals surface area contributed by atoms with Crippen LogP contribution in [0.2, 0.25) is 0 Å². The minimum Gasteiger partial charge on any atom is -0.385 e. The zero-order chi connectivity index (χ0) is 13.9. The molecular formula is C14H28N2O3. The Hall–Kier alpha value is -0.650. The molecule has 1 saturated heterocycles. The Balaban J connectivity index is 2.13. The lowest BCUT2D eigenvalue weighted by molar-refractivity contribution is -0.125. The molecule has 0 aromatic heterocycles. The van der Waals surface area contributed by atoms with Crippen molar-refractivity contribution in [2.24, 2.45) is 5.92 Å². The van der Waals surface area contributed by atoms with E-state index in [4.69, 9.17) is 9.47 Å². The third-order valence-corrected chi connectivity index (χ3v) is 3.40. The van der Waals surface area contributed by atoms with Crippen molar-refractivity contribution < 1.29 is 14.3 Å². The predicted molar refractivity (Wildman–Crippen MR) is 75.1 cm³/mol. The predicted octanol–water partition coefficient (Wildman–Crippen LogP) is 0.934. The minimum absolute atomic E-state index is 0.0366. The number of carbonyl (C=O) groups excluding carboxylic acids is 1. The Kier molecular flexibility index (Phi) is 8.79. The maximum absolute atomic E-state index is 12.1. The fraction of sp³-hybridized carbons (Fsp3) is 0.929. The van der Waals surface area contributed by atoms with Crippen LogP contribution in [0.3, 0.4) is 0 Å². The van der Waals surface area contributed by atoms with Crippen molar-refractivity contribution in [3.8, 4) is 0 Å². The van der Waals surface area contributed by atoms with Crippen LogP contribution in [-0.2, 0) is 14.3 Å². The number of carbonyl (C=O) groups is 1. The van der Waals surface area contributed by atoms with Crippen LogP contribution in [0.1, 0.15) is 32.6 Å². The van der Waals surface area contributed by atoms with Crippen molar-refractivity contribution in [1.29, 1.82) is 0 Å². The van der Waals surface area contributed by atoms with Crippen molar-refractivity contribution in [3.63, 3.8) is 0 Å². The van der Waals surface area contributed by atoms with Crippen LogP contribution < -0.4 is 10.6 Å². The summed E-state index contributed by atoms with van der Waals surface area (Å²) in [5.74, 6) is 0.0865. The highest BCUT2D eigenvalue weighted by molar-refractivity contribution is 5.79. The number of hydrogen-bond acceptors (Lipinski definition) is 4. The second kappa shape index (κ2) is 10.2. The lowest BCUT2D eigenvalue weighted by Crippen LogP contribution is -2.44. The van der Waals surface area contributed by atoms with Crippen molar-refractivity contribution in [1.82, 2.24) is 10.6 Å². The Bertz CT molecular complexity index is 249. The maximum Gasteiger partial charge on any atom is 0.227 e. The Morgan fingerprint density at radius 2 is 2.11 bits per heavy atom. The van der Waals surface area contributed by atoms with E-state index in [9.17, 15) is 4.79 Å². The molecule has 5 nitrogen and oxygen atoms in total. The molecule has 19 heavy (non-hydrogen) atoms. The van der Waals surface area contributed by atoms with Gasteiger partial charge in [-0.25, -0.2) is 0 Å². The number of unbranched alkanes of at least 4 members (excludes halogenated alkanes) is 2. The van der Waals surface area contributed by atoms with E-state index in [-0.39, 0.29) is 17.9 Å². The average molecular weight is 272 g/mol. The van der Waals surface area contributed by atoms with Crippen LogP contribution in [0.25, 0.3) is 0 Å². The van der Waals surface area contributed by atoms with Crippen molar-refractivity contribution in [2.45, 2.75) is 38.6 Å². The monoisotopic (exact) mass is 272 g/mol. The molecule has 1 aliphatic rings. The van der Waals surface area contributed by atoms with Gasteiger partial charge in [0.25, 0.3) is 0 Å². The van der Waals surface area contributed by atoms with E-state index in [2.05, 4.69) is 17.6 Å². The molecule has 1 fully saturated rings. The van der Waals surface area contributed by atoms with E-state index in [0.717, 1.165) is 45.4 Å². The molecule has 0 aliphatic carbocycles. The number of ether oxygens (including phenoxy) is 2. The van der Waals surface area contributed by atoms with E-state index in [1.165, 1.54) is 0 Å². The first kappa shape index (κ1) is 16.4. The molecule has 0 radical (unpaired) electrons. The molecule has 0 saturated carbocycles. The first-order valence-electron chi connectivity index (χ1n) is 7.37. The summed E-state index contributed by atoms with van der Waals surface area (Å²) in [6.45, 7) is 5.79. The summed E-state index contributed by atoms with van der Waals surface area (Å²) < 4.78 is 10.4. The molecule has 1 amide bonds. The van der Waals surface area contributed by atoms with Crippen LogP contribution in [0.5, 0.6) is 0 Å². The number of hydrogen-bond donors (Lipinski definition) is 2. The molecule has 1 rings (SSSR count). The van der Waals surface area contributed by atoms with Gasteiger partial charge in [0.1, 0.15) is 0 Å². The van der Waals surface area contributed by atoms with Crippen molar-refractivity contribution >= 4 is 5.91 Å². The molecule has 2 unspecified atom stereocenters. The van der Waals surface area contributed by atoms with Gasteiger partial charge in [-0.2, -0.15) is 0 Å². The first-order chi connectivity index (χ1) is 9.29. The van der Waals surface area contributed by atoms with Gasteiger partial charge in [-0.3, -0.25) is 4.79 Å². The third kappa shape index (κ3) is 6.36. The van der Waals surface area contributed by atoms with Crippen molar-refractivity contribution in [2.75, 3.05) is 40.0 Å². The van der Waals surface area contributed by atoms with Gasteiger partial charge in [0.05, 0.1) is 19.1 Å². The molecule has 0 aromatic rings. The minimum atomic E-state index is -0.0366. The van der Waals surface area contributed by atoms with Crippen LogP contribution in [0.4, 0.5) is 0 Å². The zero-order valence-corrected chi connectivity index (χ0v) is 12.2. The lowest BCUT2D eigenvalue weighted by atomic mass is 10.0. The topological polar surface area (TPSA) is 59.6 Å². The van der Waals surface area contributed by atoms with Crippen LogP contribution in [0, 0.1) is 5.92 Å². The van der Waals surface area contributed by atoms with E-state index in [1.54, 1.807) is 7.11 Å². The van der Waals surface area contributed by atoms with Crippen molar-refractivity contribution in [3.05, 3.63) is 0 Å². The number of methoxy groups -OCH3 is 1. The van der Waals surface area contributed by atoms with E-state index >= 15 is 0 Å². The summed E-state index contributed by atoms with van der Waals surface area (Å²) in [6.07, 6.45) is 4.23. The summed E-state index contributed by atoms with van der Waals surface area (Å²) in [7, 11) is 1.71. The SMILES string of the molecule is CCCNC1COCC1C(=O)NCCCCCOC. The maximum atomic E-state index is 12.1. The molecular weight excluding hydrogens is 244 g/mol. The van der Waals surface area contributed by atoms with Crippen LogP contribution in [-0.4, -0.2) is 52.0 Å². The Labute approximate surface area is 116 Å². The van der Waals surface area contributed by atoms with Gasteiger partial charge in [-0.15, -0.1) is 0 Å². The highest BCUT2D eigenvalue weighted by Gasteiger charge is 2.33. The largest absolute Gasteiger partial charge is 0.385 e. The number of nitrogens with one attached hydrogen (secondary N) is 2.